The van der Waals surface area contributed by atoms with E-state index in [9.17, 15) is 14.4 Å². The lowest BCUT2D eigenvalue weighted by atomic mass is 10.2. The molecule has 0 aliphatic heterocycles. The molecule has 3 N–H and O–H groups in total. The van der Waals surface area contributed by atoms with E-state index in [1.165, 1.54) is 6.92 Å². The van der Waals surface area contributed by atoms with Crippen LogP contribution in [0.2, 0.25) is 0 Å². The van der Waals surface area contributed by atoms with Gasteiger partial charge in [0.05, 0.1) is 0 Å². The van der Waals surface area contributed by atoms with Crippen LogP contribution in [-0.4, -0.2) is 37.4 Å². The van der Waals surface area contributed by atoms with Crippen LogP contribution >= 0.6 is 0 Å². The maximum Gasteiger partial charge on any atom is 0.309 e. The first-order valence-corrected chi connectivity index (χ1v) is 5.88. The Morgan fingerprint density at radius 3 is 1.88 bits per heavy atom. The summed E-state index contributed by atoms with van der Waals surface area (Å²) in [5.74, 6) is -1.45. The summed E-state index contributed by atoms with van der Waals surface area (Å²) in [4.78, 5) is 33.0. The zero-order chi connectivity index (χ0) is 13.1. The second-order valence-electron chi connectivity index (χ2n) is 3.70. The molecule has 0 spiro atoms. The van der Waals surface area contributed by atoms with E-state index in [2.05, 4.69) is 22.9 Å². The topological polar surface area (TPSA) is 87.3 Å². The third kappa shape index (κ3) is 9.35. The molecule has 0 aliphatic rings. The zero-order valence-corrected chi connectivity index (χ0v) is 10.5. The summed E-state index contributed by atoms with van der Waals surface area (Å²) in [7, 11) is 0. The summed E-state index contributed by atoms with van der Waals surface area (Å²) < 4.78 is 0. The molecule has 0 bridgehead atoms. The van der Waals surface area contributed by atoms with E-state index in [1.54, 1.807) is 0 Å². The molecule has 0 aromatic rings. The van der Waals surface area contributed by atoms with Gasteiger partial charge in [-0.3, -0.25) is 14.4 Å². The van der Waals surface area contributed by atoms with Gasteiger partial charge in [-0.15, -0.1) is 0 Å². The summed E-state index contributed by atoms with van der Waals surface area (Å²) in [5, 5.41) is 7.46. The fourth-order valence-corrected chi connectivity index (χ4v) is 1.15. The van der Waals surface area contributed by atoms with E-state index < -0.39 is 11.8 Å². The molecule has 0 unspecified atom stereocenters. The number of unbranched alkanes of at least 4 members (excludes halogenated alkanes) is 2. The van der Waals surface area contributed by atoms with Gasteiger partial charge in [-0.1, -0.05) is 19.8 Å². The molecule has 6 heteroatoms. The molecular weight excluding hydrogens is 222 g/mol. The van der Waals surface area contributed by atoms with Crippen molar-refractivity contribution in [2.24, 2.45) is 0 Å². The van der Waals surface area contributed by atoms with Crippen LogP contribution < -0.4 is 16.0 Å². The Kier molecular flexibility index (Phi) is 8.72. The third-order valence-electron chi connectivity index (χ3n) is 2.06. The monoisotopic (exact) mass is 243 g/mol. The highest BCUT2D eigenvalue weighted by atomic mass is 16.2. The van der Waals surface area contributed by atoms with Crippen LogP contribution in [-0.2, 0) is 14.4 Å². The van der Waals surface area contributed by atoms with Crippen LogP contribution in [0.4, 0.5) is 0 Å². The van der Waals surface area contributed by atoms with Crippen molar-refractivity contribution in [3.63, 3.8) is 0 Å². The van der Waals surface area contributed by atoms with E-state index in [0.29, 0.717) is 13.1 Å². The highest BCUT2D eigenvalue weighted by molar-refractivity contribution is 6.35. The highest BCUT2D eigenvalue weighted by Gasteiger charge is 2.11. The Bertz CT molecular complexity index is 267. The Morgan fingerprint density at radius 2 is 1.35 bits per heavy atom. The molecule has 0 saturated heterocycles. The van der Waals surface area contributed by atoms with Gasteiger partial charge in [-0.25, -0.2) is 0 Å². The summed E-state index contributed by atoms with van der Waals surface area (Å²) in [6.07, 6.45) is 2.98. The van der Waals surface area contributed by atoms with Crippen molar-refractivity contribution < 1.29 is 14.4 Å². The number of hydrogen-bond acceptors (Lipinski definition) is 3. The molecule has 3 amide bonds. The van der Waals surface area contributed by atoms with E-state index in [-0.39, 0.29) is 12.5 Å². The van der Waals surface area contributed by atoms with E-state index >= 15 is 0 Å². The van der Waals surface area contributed by atoms with Crippen LogP contribution in [0.1, 0.15) is 33.1 Å². The average molecular weight is 243 g/mol. The summed E-state index contributed by atoms with van der Waals surface area (Å²) >= 11 is 0. The minimum Gasteiger partial charge on any atom is -0.355 e. The minimum absolute atomic E-state index is 0.164. The SMILES string of the molecule is CCCCCNC(=O)C(=O)NCCNC(C)=O. The second-order valence-corrected chi connectivity index (χ2v) is 3.70. The number of hydrogen-bond donors (Lipinski definition) is 3. The first-order chi connectivity index (χ1) is 8.07. The highest BCUT2D eigenvalue weighted by Crippen LogP contribution is 1.90. The molecule has 0 aromatic carbocycles. The van der Waals surface area contributed by atoms with Crippen molar-refractivity contribution >= 4 is 17.7 Å². The fraction of sp³-hybridized carbons (Fsp3) is 0.727. The molecule has 0 saturated carbocycles. The van der Waals surface area contributed by atoms with Crippen LogP contribution in [0.15, 0.2) is 0 Å². The van der Waals surface area contributed by atoms with E-state index in [0.717, 1.165) is 19.3 Å². The number of rotatable bonds is 7. The van der Waals surface area contributed by atoms with Crippen LogP contribution in [0, 0.1) is 0 Å². The minimum atomic E-state index is -0.660. The number of carbonyl (C=O) groups excluding carboxylic acids is 3. The van der Waals surface area contributed by atoms with Gasteiger partial charge < -0.3 is 16.0 Å². The third-order valence-corrected chi connectivity index (χ3v) is 2.06. The molecule has 98 valence electrons. The van der Waals surface area contributed by atoms with Crippen LogP contribution in [0.25, 0.3) is 0 Å². The molecule has 0 radical (unpaired) electrons. The van der Waals surface area contributed by atoms with Gasteiger partial charge in [0.15, 0.2) is 0 Å². The predicted molar refractivity (Wildman–Crippen MR) is 64.2 cm³/mol. The van der Waals surface area contributed by atoms with Gasteiger partial charge in [0.25, 0.3) is 0 Å². The first-order valence-electron chi connectivity index (χ1n) is 5.88. The van der Waals surface area contributed by atoms with Crippen molar-refractivity contribution in [1.82, 2.24) is 16.0 Å². The van der Waals surface area contributed by atoms with Crippen molar-refractivity contribution in [3.8, 4) is 0 Å². The van der Waals surface area contributed by atoms with Gasteiger partial charge in [0.2, 0.25) is 5.91 Å². The standard InChI is InChI=1S/C11H21N3O3/c1-3-4-5-6-13-10(16)11(17)14-8-7-12-9(2)15/h3-8H2,1-2H3,(H,12,15)(H,13,16)(H,14,17). The number of amides is 3. The molecule has 0 aliphatic carbocycles. The van der Waals surface area contributed by atoms with Crippen molar-refractivity contribution in [3.05, 3.63) is 0 Å². The van der Waals surface area contributed by atoms with Crippen molar-refractivity contribution in [1.29, 1.82) is 0 Å². The largest absolute Gasteiger partial charge is 0.355 e. The normalized spacial score (nSPS) is 9.53. The maximum absolute atomic E-state index is 11.2. The zero-order valence-electron chi connectivity index (χ0n) is 10.5. The Hall–Kier alpha value is -1.59. The first kappa shape index (κ1) is 15.4. The number of carbonyl (C=O) groups is 3. The van der Waals surface area contributed by atoms with Gasteiger partial charge in [0, 0.05) is 26.6 Å². The molecule has 0 fully saturated rings. The van der Waals surface area contributed by atoms with Crippen molar-refractivity contribution in [2.75, 3.05) is 19.6 Å². The van der Waals surface area contributed by atoms with Gasteiger partial charge in [0.1, 0.15) is 0 Å². The van der Waals surface area contributed by atoms with Crippen LogP contribution in [0.5, 0.6) is 0 Å². The lowest BCUT2D eigenvalue weighted by Crippen LogP contribution is -2.42. The Morgan fingerprint density at radius 1 is 0.824 bits per heavy atom. The fourth-order valence-electron chi connectivity index (χ4n) is 1.15. The van der Waals surface area contributed by atoms with E-state index in [1.807, 2.05) is 0 Å². The van der Waals surface area contributed by atoms with Crippen LogP contribution in [0.3, 0.4) is 0 Å². The smallest absolute Gasteiger partial charge is 0.309 e. The Balaban J connectivity index is 3.54. The molecule has 6 nitrogen and oxygen atoms in total. The average Bonchev–Trinajstić information content (AvgIpc) is 2.29. The van der Waals surface area contributed by atoms with Gasteiger partial charge in [-0.05, 0) is 6.42 Å². The Labute approximate surface area is 102 Å². The van der Waals surface area contributed by atoms with Gasteiger partial charge in [-0.2, -0.15) is 0 Å². The number of nitrogens with one attached hydrogen (secondary N) is 3. The molecule has 17 heavy (non-hydrogen) atoms. The second kappa shape index (κ2) is 9.62. The molecular formula is C11H21N3O3. The maximum atomic E-state index is 11.2. The summed E-state index contributed by atoms with van der Waals surface area (Å²) in [6.45, 7) is 4.55. The summed E-state index contributed by atoms with van der Waals surface area (Å²) in [6, 6.07) is 0. The lowest BCUT2D eigenvalue weighted by molar-refractivity contribution is -0.139. The molecule has 0 aromatic heterocycles. The molecule has 0 rings (SSSR count). The van der Waals surface area contributed by atoms with Gasteiger partial charge >= 0.3 is 11.8 Å². The molecule has 0 atom stereocenters. The summed E-state index contributed by atoms with van der Waals surface area (Å²) in [5.41, 5.74) is 0. The lowest BCUT2D eigenvalue weighted by Gasteiger charge is -2.06. The molecule has 0 heterocycles. The quantitative estimate of drug-likeness (QED) is 0.418. The van der Waals surface area contributed by atoms with E-state index in [4.69, 9.17) is 0 Å². The van der Waals surface area contributed by atoms with Crippen molar-refractivity contribution in [2.45, 2.75) is 33.1 Å². The predicted octanol–water partition coefficient (Wildman–Crippen LogP) is -0.455.